The first-order valence-corrected chi connectivity index (χ1v) is 6.35. The van der Waals surface area contributed by atoms with Gasteiger partial charge in [0.15, 0.2) is 0 Å². The molecule has 0 aliphatic rings. The lowest BCUT2D eigenvalue weighted by Gasteiger charge is -2.09. The molecular weight excluding hydrogens is 222 g/mol. The van der Waals surface area contributed by atoms with Crippen molar-refractivity contribution in [2.24, 2.45) is 7.05 Å². The summed E-state index contributed by atoms with van der Waals surface area (Å²) in [5.74, 6) is 0. The molecular formula is C12H22ClN3. The van der Waals surface area contributed by atoms with Crippen LogP contribution in [0.1, 0.15) is 38.1 Å². The smallest absolute Gasteiger partial charge is 0.0849 e. The van der Waals surface area contributed by atoms with Crippen LogP contribution in [0.5, 0.6) is 0 Å². The summed E-state index contributed by atoms with van der Waals surface area (Å²) in [6.07, 6.45) is 4.22. The predicted octanol–water partition coefficient (Wildman–Crippen LogP) is 2.57. The van der Waals surface area contributed by atoms with Crippen molar-refractivity contribution >= 4 is 11.6 Å². The van der Waals surface area contributed by atoms with Crippen LogP contribution in [-0.4, -0.2) is 22.9 Å². The first kappa shape index (κ1) is 13.5. The Kier molecular flexibility index (Phi) is 5.29. The summed E-state index contributed by atoms with van der Waals surface area (Å²) in [4.78, 5) is 0. The van der Waals surface area contributed by atoms with Crippen LogP contribution in [0, 0.1) is 0 Å². The van der Waals surface area contributed by atoms with E-state index < -0.39 is 0 Å². The van der Waals surface area contributed by atoms with Crippen LogP contribution in [0.25, 0.3) is 0 Å². The van der Waals surface area contributed by atoms with E-state index in [-0.39, 0.29) is 0 Å². The Balaban J connectivity index is 2.56. The number of aryl methyl sites for hydroxylation is 2. The molecule has 0 saturated heterocycles. The zero-order chi connectivity index (χ0) is 12.1. The number of aromatic nitrogens is 2. The Bertz CT molecular complexity index is 333. The zero-order valence-corrected chi connectivity index (χ0v) is 11.4. The molecule has 1 aromatic heterocycles. The van der Waals surface area contributed by atoms with Crippen molar-refractivity contribution in [3.63, 3.8) is 0 Å². The number of nitrogens with zero attached hydrogens (tertiary/aromatic N) is 2. The van der Waals surface area contributed by atoms with Gasteiger partial charge in [-0.3, -0.25) is 4.68 Å². The molecule has 1 heterocycles. The van der Waals surface area contributed by atoms with Crippen LogP contribution in [0.4, 0.5) is 0 Å². The standard InChI is InChI=1S/C12H22ClN3/c1-5-10-12(13)11(16(4)15-10)8-6-7-9(2)14-3/h9,14H,5-8H2,1-4H3. The number of rotatable bonds is 6. The summed E-state index contributed by atoms with van der Waals surface area (Å²) in [7, 11) is 3.97. The molecule has 1 atom stereocenters. The molecule has 0 amide bonds. The monoisotopic (exact) mass is 243 g/mol. The molecule has 0 bridgehead atoms. The van der Waals surface area contributed by atoms with Gasteiger partial charge in [-0.25, -0.2) is 0 Å². The molecule has 16 heavy (non-hydrogen) atoms. The number of hydrogen-bond donors (Lipinski definition) is 1. The molecule has 0 saturated carbocycles. The molecule has 1 rings (SSSR count). The minimum Gasteiger partial charge on any atom is -0.317 e. The van der Waals surface area contributed by atoms with Gasteiger partial charge >= 0.3 is 0 Å². The van der Waals surface area contributed by atoms with E-state index in [2.05, 4.69) is 24.3 Å². The average molecular weight is 244 g/mol. The molecule has 0 aromatic carbocycles. The fraction of sp³-hybridized carbons (Fsp3) is 0.750. The summed E-state index contributed by atoms with van der Waals surface area (Å²) in [6.45, 7) is 4.28. The molecule has 1 aromatic rings. The molecule has 92 valence electrons. The summed E-state index contributed by atoms with van der Waals surface area (Å²) in [5, 5.41) is 8.52. The van der Waals surface area contributed by atoms with Gasteiger partial charge < -0.3 is 5.32 Å². The Morgan fingerprint density at radius 1 is 1.50 bits per heavy atom. The highest BCUT2D eigenvalue weighted by molar-refractivity contribution is 6.31. The van der Waals surface area contributed by atoms with Crippen LogP contribution >= 0.6 is 11.6 Å². The summed E-state index contributed by atoms with van der Waals surface area (Å²) in [5.41, 5.74) is 2.18. The largest absolute Gasteiger partial charge is 0.317 e. The Labute approximate surface area is 103 Å². The van der Waals surface area contributed by atoms with Crippen molar-refractivity contribution in [3.05, 3.63) is 16.4 Å². The lowest BCUT2D eigenvalue weighted by molar-refractivity contribution is 0.534. The first-order valence-electron chi connectivity index (χ1n) is 5.97. The van der Waals surface area contributed by atoms with Crippen molar-refractivity contribution < 1.29 is 0 Å². The second kappa shape index (κ2) is 6.26. The Morgan fingerprint density at radius 2 is 2.19 bits per heavy atom. The number of hydrogen-bond acceptors (Lipinski definition) is 2. The Hall–Kier alpha value is -0.540. The quantitative estimate of drug-likeness (QED) is 0.832. The molecule has 1 N–H and O–H groups in total. The van der Waals surface area contributed by atoms with Gasteiger partial charge in [-0.15, -0.1) is 0 Å². The molecule has 0 aliphatic carbocycles. The van der Waals surface area contributed by atoms with E-state index in [1.54, 1.807) is 0 Å². The molecule has 4 heteroatoms. The van der Waals surface area contributed by atoms with Gasteiger partial charge in [0.25, 0.3) is 0 Å². The van der Waals surface area contributed by atoms with E-state index in [1.807, 2.05) is 18.8 Å². The fourth-order valence-electron chi connectivity index (χ4n) is 1.81. The van der Waals surface area contributed by atoms with Crippen LogP contribution in [0.15, 0.2) is 0 Å². The fourth-order valence-corrected chi connectivity index (χ4v) is 2.20. The van der Waals surface area contributed by atoms with Crippen LogP contribution in [0.2, 0.25) is 5.02 Å². The minimum atomic E-state index is 0.567. The maximum atomic E-state index is 6.28. The van der Waals surface area contributed by atoms with Crippen molar-refractivity contribution in [1.82, 2.24) is 15.1 Å². The van der Waals surface area contributed by atoms with Gasteiger partial charge in [-0.1, -0.05) is 18.5 Å². The lowest BCUT2D eigenvalue weighted by atomic mass is 10.1. The molecule has 0 fully saturated rings. The lowest BCUT2D eigenvalue weighted by Crippen LogP contribution is -2.21. The highest BCUT2D eigenvalue weighted by Crippen LogP contribution is 2.22. The van der Waals surface area contributed by atoms with E-state index in [4.69, 9.17) is 11.6 Å². The summed E-state index contributed by atoms with van der Waals surface area (Å²) < 4.78 is 1.92. The van der Waals surface area contributed by atoms with Crippen LogP contribution in [-0.2, 0) is 19.9 Å². The van der Waals surface area contributed by atoms with Crippen molar-refractivity contribution in [3.8, 4) is 0 Å². The second-order valence-corrected chi connectivity index (χ2v) is 4.64. The number of nitrogens with one attached hydrogen (secondary N) is 1. The van der Waals surface area contributed by atoms with Gasteiger partial charge in [-0.2, -0.15) is 5.10 Å². The molecule has 0 spiro atoms. The summed E-state index contributed by atoms with van der Waals surface area (Å²) in [6, 6.07) is 0.567. The van der Waals surface area contributed by atoms with E-state index in [0.29, 0.717) is 6.04 Å². The predicted molar refractivity (Wildman–Crippen MR) is 69.1 cm³/mol. The van der Waals surface area contributed by atoms with E-state index in [0.717, 1.165) is 30.0 Å². The van der Waals surface area contributed by atoms with Crippen molar-refractivity contribution in [1.29, 1.82) is 0 Å². The van der Waals surface area contributed by atoms with Crippen molar-refractivity contribution in [2.45, 2.75) is 45.6 Å². The van der Waals surface area contributed by atoms with E-state index in [9.17, 15) is 0 Å². The normalized spacial score (nSPS) is 13.1. The topological polar surface area (TPSA) is 29.9 Å². The third kappa shape index (κ3) is 3.22. The molecule has 0 radical (unpaired) electrons. The second-order valence-electron chi connectivity index (χ2n) is 4.27. The minimum absolute atomic E-state index is 0.567. The molecule has 3 nitrogen and oxygen atoms in total. The van der Waals surface area contributed by atoms with Gasteiger partial charge in [-0.05, 0) is 39.7 Å². The van der Waals surface area contributed by atoms with Crippen molar-refractivity contribution in [2.75, 3.05) is 7.05 Å². The van der Waals surface area contributed by atoms with Crippen LogP contribution < -0.4 is 5.32 Å². The van der Waals surface area contributed by atoms with Gasteiger partial charge in [0, 0.05) is 13.1 Å². The van der Waals surface area contributed by atoms with E-state index >= 15 is 0 Å². The average Bonchev–Trinajstić information content (AvgIpc) is 2.55. The zero-order valence-electron chi connectivity index (χ0n) is 10.7. The SMILES string of the molecule is CCc1nn(C)c(CCCC(C)NC)c1Cl. The third-order valence-corrected chi connectivity index (χ3v) is 3.48. The Morgan fingerprint density at radius 3 is 2.69 bits per heavy atom. The molecule has 1 unspecified atom stereocenters. The summed E-state index contributed by atoms with van der Waals surface area (Å²) >= 11 is 6.28. The van der Waals surface area contributed by atoms with Gasteiger partial charge in [0.2, 0.25) is 0 Å². The first-order chi connectivity index (χ1) is 7.60. The maximum Gasteiger partial charge on any atom is 0.0849 e. The maximum absolute atomic E-state index is 6.28. The highest BCUT2D eigenvalue weighted by atomic mass is 35.5. The highest BCUT2D eigenvalue weighted by Gasteiger charge is 2.12. The molecule has 0 aliphatic heterocycles. The number of halogens is 1. The van der Waals surface area contributed by atoms with Gasteiger partial charge in [0.05, 0.1) is 16.4 Å². The third-order valence-electron chi connectivity index (χ3n) is 3.05. The van der Waals surface area contributed by atoms with E-state index in [1.165, 1.54) is 12.1 Å². The van der Waals surface area contributed by atoms with Gasteiger partial charge in [0.1, 0.15) is 0 Å². The van der Waals surface area contributed by atoms with Crippen LogP contribution in [0.3, 0.4) is 0 Å².